The molecule has 0 fully saturated rings. The lowest BCUT2D eigenvalue weighted by atomic mass is 9.96. The zero-order valence-electron chi connectivity index (χ0n) is 10.9. The maximum atomic E-state index is 11.7. The van der Waals surface area contributed by atoms with E-state index in [1.54, 1.807) is 0 Å². The van der Waals surface area contributed by atoms with Gasteiger partial charge in [-0.15, -0.1) is 5.10 Å². The predicted octanol–water partition coefficient (Wildman–Crippen LogP) is 0.553. The summed E-state index contributed by atoms with van der Waals surface area (Å²) in [5.74, 6) is -1.44. The largest absolute Gasteiger partial charge is 0.481 e. The van der Waals surface area contributed by atoms with E-state index in [4.69, 9.17) is 5.11 Å². The van der Waals surface area contributed by atoms with Crippen LogP contribution < -0.4 is 5.32 Å². The van der Waals surface area contributed by atoms with E-state index in [-0.39, 0.29) is 17.8 Å². The average Bonchev–Trinajstić information content (AvgIpc) is 2.73. The van der Waals surface area contributed by atoms with Crippen molar-refractivity contribution >= 4 is 11.9 Å². The second kappa shape index (κ2) is 5.16. The number of hydrogen-bond acceptors (Lipinski definition) is 4. The normalized spacial score (nSPS) is 13.1. The van der Waals surface area contributed by atoms with Gasteiger partial charge in [-0.2, -0.15) is 0 Å². The molecule has 0 saturated carbocycles. The van der Waals surface area contributed by atoms with Gasteiger partial charge in [-0.05, 0) is 0 Å². The first-order valence-corrected chi connectivity index (χ1v) is 5.65. The lowest BCUT2D eigenvalue weighted by molar-refractivity contribution is -0.140. The van der Waals surface area contributed by atoms with Gasteiger partial charge in [-0.3, -0.25) is 14.7 Å². The molecule has 7 heteroatoms. The van der Waals surface area contributed by atoms with Crippen LogP contribution in [-0.2, 0) is 10.2 Å². The molecule has 1 heterocycles. The lowest BCUT2D eigenvalue weighted by Crippen LogP contribution is -2.32. The van der Waals surface area contributed by atoms with Crippen LogP contribution in [0.1, 0.15) is 44.1 Å². The number of aromatic nitrogens is 3. The third-order valence-electron chi connectivity index (χ3n) is 2.39. The van der Waals surface area contributed by atoms with E-state index in [1.807, 2.05) is 20.8 Å². The van der Waals surface area contributed by atoms with Gasteiger partial charge in [0.2, 0.25) is 5.82 Å². The Hall–Kier alpha value is -1.92. The molecule has 0 radical (unpaired) electrons. The van der Waals surface area contributed by atoms with Gasteiger partial charge in [-0.1, -0.05) is 27.7 Å². The number of nitrogens with one attached hydrogen (secondary N) is 2. The standard InChI is InChI=1S/C11H18N4O3/c1-6(9(17)18)5-12-8(16)7-13-10(15-14-7)11(2,3)4/h6H,5H2,1-4H3,(H,12,16)(H,17,18)(H,13,14,15). The van der Waals surface area contributed by atoms with E-state index >= 15 is 0 Å². The van der Waals surface area contributed by atoms with Crippen molar-refractivity contribution in [2.75, 3.05) is 6.54 Å². The highest BCUT2D eigenvalue weighted by Gasteiger charge is 2.21. The van der Waals surface area contributed by atoms with Crippen LogP contribution in [0.25, 0.3) is 0 Å². The Labute approximate surface area is 105 Å². The molecule has 1 rings (SSSR count). The zero-order valence-corrected chi connectivity index (χ0v) is 10.9. The Morgan fingerprint density at radius 2 is 2.06 bits per heavy atom. The summed E-state index contributed by atoms with van der Waals surface area (Å²) in [6.07, 6.45) is 0. The van der Waals surface area contributed by atoms with Crippen molar-refractivity contribution in [3.63, 3.8) is 0 Å². The number of carboxylic acids is 1. The number of aliphatic carboxylic acids is 1. The van der Waals surface area contributed by atoms with Gasteiger partial charge in [0.25, 0.3) is 5.91 Å². The number of carbonyl (C=O) groups excluding carboxylic acids is 1. The molecular weight excluding hydrogens is 236 g/mol. The zero-order chi connectivity index (χ0) is 13.9. The summed E-state index contributed by atoms with van der Waals surface area (Å²) in [4.78, 5) is 26.3. The first kappa shape index (κ1) is 14.1. The fourth-order valence-electron chi connectivity index (χ4n) is 1.11. The van der Waals surface area contributed by atoms with Crippen molar-refractivity contribution in [2.45, 2.75) is 33.1 Å². The van der Waals surface area contributed by atoms with E-state index in [2.05, 4.69) is 20.5 Å². The van der Waals surface area contributed by atoms with Crippen molar-refractivity contribution in [3.8, 4) is 0 Å². The smallest absolute Gasteiger partial charge is 0.308 e. The number of aromatic amines is 1. The molecule has 0 aliphatic carbocycles. The molecule has 1 unspecified atom stereocenters. The Morgan fingerprint density at radius 3 is 2.50 bits per heavy atom. The second-order valence-electron chi connectivity index (χ2n) is 5.21. The third kappa shape index (κ3) is 3.54. The maximum absolute atomic E-state index is 11.7. The highest BCUT2D eigenvalue weighted by molar-refractivity contribution is 5.90. The minimum atomic E-state index is -0.958. The monoisotopic (exact) mass is 254 g/mol. The number of H-pyrrole nitrogens is 1. The summed E-state index contributed by atoms with van der Waals surface area (Å²) in [6, 6.07) is 0. The molecule has 3 N–H and O–H groups in total. The fraction of sp³-hybridized carbons (Fsp3) is 0.636. The molecule has 0 bridgehead atoms. The van der Waals surface area contributed by atoms with Gasteiger partial charge in [0.15, 0.2) is 0 Å². The number of carbonyl (C=O) groups is 2. The summed E-state index contributed by atoms with van der Waals surface area (Å²) >= 11 is 0. The minimum absolute atomic E-state index is 0.0255. The molecular formula is C11H18N4O3. The van der Waals surface area contributed by atoms with E-state index in [9.17, 15) is 9.59 Å². The molecule has 1 amide bonds. The number of rotatable bonds is 4. The Kier molecular flexibility index (Phi) is 4.05. The molecule has 100 valence electrons. The fourth-order valence-corrected chi connectivity index (χ4v) is 1.11. The van der Waals surface area contributed by atoms with Crippen LogP contribution in [0.4, 0.5) is 0 Å². The van der Waals surface area contributed by atoms with Gasteiger partial charge in [0, 0.05) is 12.0 Å². The maximum Gasteiger partial charge on any atom is 0.308 e. The molecule has 0 aliphatic heterocycles. The molecule has 1 aromatic heterocycles. The SMILES string of the molecule is CC(CNC(=O)c1n[nH]c(C(C)(C)C)n1)C(=O)O. The van der Waals surface area contributed by atoms with Crippen molar-refractivity contribution in [3.05, 3.63) is 11.6 Å². The number of hydrogen-bond donors (Lipinski definition) is 3. The van der Waals surface area contributed by atoms with Crippen LogP contribution in [0.5, 0.6) is 0 Å². The average molecular weight is 254 g/mol. The van der Waals surface area contributed by atoms with Crippen LogP contribution in [0.15, 0.2) is 0 Å². The molecule has 7 nitrogen and oxygen atoms in total. The summed E-state index contributed by atoms with van der Waals surface area (Å²) in [6.45, 7) is 7.40. The van der Waals surface area contributed by atoms with Gasteiger partial charge in [-0.25, -0.2) is 4.98 Å². The minimum Gasteiger partial charge on any atom is -0.481 e. The summed E-state index contributed by atoms with van der Waals surface area (Å²) < 4.78 is 0. The third-order valence-corrected chi connectivity index (χ3v) is 2.39. The van der Waals surface area contributed by atoms with Crippen molar-refractivity contribution < 1.29 is 14.7 Å². The molecule has 0 spiro atoms. The van der Waals surface area contributed by atoms with Gasteiger partial charge in [0.1, 0.15) is 5.82 Å². The van der Waals surface area contributed by atoms with Gasteiger partial charge < -0.3 is 10.4 Å². The van der Waals surface area contributed by atoms with E-state index in [1.165, 1.54) is 6.92 Å². The number of carboxylic acid groups (broad SMARTS) is 1. The second-order valence-corrected chi connectivity index (χ2v) is 5.21. The molecule has 1 aromatic rings. The summed E-state index contributed by atoms with van der Waals surface area (Å²) in [7, 11) is 0. The van der Waals surface area contributed by atoms with E-state index < -0.39 is 17.8 Å². The Bertz CT molecular complexity index is 447. The summed E-state index contributed by atoms with van der Waals surface area (Å²) in [5, 5.41) is 17.7. The molecule has 0 aromatic carbocycles. The molecule has 0 aliphatic rings. The van der Waals surface area contributed by atoms with E-state index in [0.717, 1.165) is 0 Å². The van der Waals surface area contributed by atoms with Crippen molar-refractivity contribution in [2.24, 2.45) is 5.92 Å². The quantitative estimate of drug-likeness (QED) is 0.727. The van der Waals surface area contributed by atoms with Crippen molar-refractivity contribution in [1.82, 2.24) is 20.5 Å². The Morgan fingerprint density at radius 1 is 1.44 bits per heavy atom. The number of amides is 1. The highest BCUT2D eigenvalue weighted by atomic mass is 16.4. The van der Waals surface area contributed by atoms with Crippen molar-refractivity contribution in [1.29, 1.82) is 0 Å². The van der Waals surface area contributed by atoms with Crippen LogP contribution in [0, 0.1) is 5.92 Å². The van der Waals surface area contributed by atoms with E-state index in [0.29, 0.717) is 5.82 Å². The number of nitrogens with zero attached hydrogens (tertiary/aromatic N) is 2. The van der Waals surface area contributed by atoms with Crippen LogP contribution in [0.2, 0.25) is 0 Å². The predicted molar refractivity (Wildman–Crippen MR) is 64.2 cm³/mol. The molecule has 18 heavy (non-hydrogen) atoms. The topological polar surface area (TPSA) is 108 Å². The first-order valence-electron chi connectivity index (χ1n) is 5.65. The Balaban J connectivity index is 2.63. The van der Waals surface area contributed by atoms with Gasteiger partial charge >= 0.3 is 5.97 Å². The highest BCUT2D eigenvalue weighted by Crippen LogP contribution is 2.17. The van der Waals surface area contributed by atoms with Crippen LogP contribution >= 0.6 is 0 Å². The molecule has 1 atom stereocenters. The van der Waals surface area contributed by atoms with Crippen LogP contribution in [0.3, 0.4) is 0 Å². The first-order chi connectivity index (χ1) is 8.21. The van der Waals surface area contributed by atoms with Gasteiger partial charge in [0.05, 0.1) is 5.92 Å². The van der Waals surface area contributed by atoms with Crippen LogP contribution in [-0.4, -0.2) is 38.7 Å². The lowest BCUT2D eigenvalue weighted by Gasteiger charge is -2.12. The molecule has 0 saturated heterocycles. The summed E-state index contributed by atoms with van der Waals surface area (Å²) in [5.41, 5.74) is -0.222.